The van der Waals surface area contributed by atoms with E-state index in [1.54, 1.807) is 18.5 Å². The highest BCUT2D eigenvalue weighted by atomic mass is 35.5. The van der Waals surface area contributed by atoms with E-state index in [9.17, 15) is 4.79 Å². The van der Waals surface area contributed by atoms with E-state index in [4.69, 9.17) is 11.6 Å². The molecule has 6 nitrogen and oxygen atoms in total. The SMILES string of the molecule is COC(=O)c1cnn(-c2ncccn2)c1Cl. The van der Waals surface area contributed by atoms with E-state index in [-0.39, 0.29) is 10.7 Å². The smallest absolute Gasteiger partial charge is 0.342 e. The van der Waals surface area contributed by atoms with E-state index in [2.05, 4.69) is 19.8 Å². The molecule has 2 aromatic rings. The topological polar surface area (TPSA) is 69.9 Å². The molecule has 0 spiro atoms. The summed E-state index contributed by atoms with van der Waals surface area (Å²) in [6.45, 7) is 0. The van der Waals surface area contributed by atoms with Crippen LogP contribution in [-0.4, -0.2) is 32.8 Å². The molecule has 82 valence electrons. The average molecular weight is 239 g/mol. The predicted octanol–water partition coefficient (Wildman–Crippen LogP) is 1.10. The largest absolute Gasteiger partial charge is 0.465 e. The van der Waals surface area contributed by atoms with Crippen LogP contribution in [0, 0.1) is 0 Å². The molecule has 2 aromatic heterocycles. The maximum Gasteiger partial charge on any atom is 0.342 e. The molecule has 0 saturated carbocycles. The first kappa shape index (κ1) is 10.6. The normalized spacial score (nSPS) is 10.1. The fourth-order valence-electron chi connectivity index (χ4n) is 1.12. The Balaban J connectivity index is 2.45. The molecule has 7 heteroatoms. The van der Waals surface area contributed by atoms with Crippen molar-refractivity contribution in [1.29, 1.82) is 0 Å². The molecule has 0 aliphatic heterocycles. The van der Waals surface area contributed by atoms with Crippen molar-refractivity contribution in [2.24, 2.45) is 0 Å². The van der Waals surface area contributed by atoms with Gasteiger partial charge in [0.25, 0.3) is 5.95 Å². The van der Waals surface area contributed by atoms with Crippen LogP contribution in [0.5, 0.6) is 0 Å². The third-order valence-corrected chi connectivity index (χ3v) is 2.22. The Hall–Kier alpha value is -1.95. The Kier molecular flexibility index (Phi) is 2.82. The van der Waals surface area contributed by atoms with Crippen molar-refractivity contribution >= 4 is 17.6 Å². The molecule has 0 N–H and O–H groups in total. The summed E-state index contributed by atoms with van der Waals surface area (Å²) in [6, 6.07) is 1.67. The Morgan fingerprint density at radius 1 is 1.44 bits per heavy atom. The summed E-state index contributed by atoms with van der Waals surface area (Å²) in [4.78, 5) is 19.2. The first-order valence-electron chi connectivity index (χ1n) is 4.33. The number of carbonyl (C=O) groups is 1. The van der Waals surface area contributed by atoms with Gasteiger partial charge in [-0.25, -0.2) is 14.8 Å². The molecule has 0 aliphatic carbocycles. The Bertz CT molecular complexity index is 511. The number of hydrogen-bond donors (Lipinski definition) is 0. The molecule has 0 saturated heterocycles. The molecule has 0 amide bonds. The summed E-state index contributed by atoms with van der Waals surface area (Å²) in [5, 5.41) is 4.04. The number of hydrogen-bond acceptors (Lipinski definition) is 5. The number of carbonyl (C=O) groups excluding carboxylic acids is 1. The van der Waals surface area contributed by atoms with E-state index in [1.165, 1.54) is 18.0 Å². The van der Waals surface area contributed by atoms with Gasteiger partial charge < -0.3 is 4.74 Å². The zero-order valence-electron chi connectivity index (χ0n) is 8.29. The molecule has 0 atom stereocenters. The standard InChI is InChI=1S/C9H7ClN4O2/c1-16-8(15)6-5-13-14(7(6)10)9-11-3-2-4-12-9/h2-5H,1H3. The molecule has 0 fully saturated rings. The third-order valence-electron chi connectivity index (χ3n) is 1.86. The van der Waals surface area contributed by atoms with Gasteiger partial charge in [0.1, 0.15) is 5.56 Å². The Morgan fingerprint density at radius 2 is 2.12 bits per heavy atom. The maximum atomic E-state index is 11.3. The number of rotatable bonds is 2. The van der Waals surface area contributed by atoms with Crippen LogP contribution in [0.4, 0.5) is 0 Å². The molecule has 0 bridgehead atoms. The second-order valence-electron chi connectivity index (χ2n) is 2.80. The van der Waals surface area contributed by atoms with Crippen LogP contribution in [-0.2, 0) is 4.74 Å². The second-order valence-corrected chi connectivity index (χ2v) is 3.16. The summed E-state index contributed by atoms with van der Waals surface area (Å²) in [5.74, 6) is -0.255. The quantitative estimate of drug-likeness (QED) is 0.733. The second kappa shape index (κ2) is 4.28. The summed E-state index contributed by atoms with van der Waals surface area (Å²) in [6.07, 6.45) is 4.42. The van der Waals surface area contributed by atoms with Crippen molar-refractivity contribution in [3.05, 3.63) is 35.4 Å². The van der Waals surface area contributed by atoms with E-state index in [0.717, 1.165) is 0 Å². The molecule has 0 unspecified atom stereocenters. The highest BCUT2D eigenvalue weighted by molar-refractivity contribution is 6.32. The lowest BCUT2D eigenvalue weighted by Gasteiger charge is -2.00. The number of esters is 1. The lowest BCUT2D eigenvalue weighted by Crippen LogP contribution is -2.04. The molecular formula is C9H7ClN4O2. The number of nitrogens with zero attached hydrogens (tertiary/aromatic N) is 4. The third kappa shape index (κ3) is 1.74. The minimum absolute atomic E-state index is 0.123. The van der Waals surface area contributed by atoms with Gasteiger partial charge in [-0.2, -0.15) is 9.78 Å². The highest BCUT2D eigenvalue weighted by Crippen LogP contribution is 2.18. The van der Waals surface area contributed by atoms with Gasteiger partial charge in [-0.05, 0) is 6.07 Å². The molecule has 2 heterocycles. The van der Waals surface area contributed by atoms with Gasteiger partial charge >= 0.3 is 5.97 Å². The Labute approximate surface area is 95.8 Å². The lowest BCUT2D eigenvalue weighted by molar-refractivity contribution is 0.0601. The number of aromatic nitrogens is 4. The number of ether oxygens (including phenoxy) is 1. The van der Waals surface area contributed by atoms with Crippen LogP contribution in [0.3, 0.4) is 0 Å². The first-order valence-corrected chi connectivity index (χ1v) is 4.71. The van der Waals surface area contributed by atoms with Gasteiger partial charge in [-0.3, -0.25) is 0 Å². The summed E-state index contributed by atoms with van der Waals surface area (Å²) in [5.41, 5.74) is 0.177. The minimum Gasteiger partial charge on any atom is -0.465 e. The van der Waals surface area contributed by atoms with Crippen LogP contribution >= 0.6 is 11.6 Å². The zero-order valence-corrected chi connectivity index (χ0v) is 9.05. The fourth-order valence-corrected chi connectivity index (χ4v) is 1.37. The van der Waals surface area contributed by atoms with E-state index >= 15 is 0 Å². The van der Waals surface area contributed by atoms with Gasteiger partial charge in [0.15, 0.2) is 5.15 Å². The minimum atomic E-state index is -0.549. The zero-order chi connectivity index (χ0) is 11.5. The monoisotopic (exact) mass is 238 g/mol. The first-order chi connectivity index (χ1) is 7.74. The van der Waals surface area contributed by atoms with Gasteiger partial charge in [0, 0.05) is 12.4 Å². The number of methoxy groups -OCH3 is 1. The van der Waals surface area contributed by atoms with Gasteiger partial charge in [0.2, 0.25) is 0 Å². The van der Waals surface area contributed by atoms with Crippen LogP contribution in [0.2, 0.25) is 5.15 Å². The summed E-state index contributed by atoms with van der Waals surface area (Å²) in [7, 11) is 1.27. The summed E-state index contributed by atoms with van der Waals surface area (Å²) >= 11 is 5.95. The Morgan fingerprint density at radius 3 is 2.75 bits per heavy atom. The maximum absolute atomic E-state index is 11.3. The fraction of sp³-hybridized carbons (Fsp3) is 0.111. The predicted molar refractivity (Wildman–Crippen MR) is 55.5 cm³/mol. The van der Waals surface area contributed by atoms with Crippen molar-refractivity contribution in [2.45, 2.75) is 0 Å². The average Bonchev–Trinajstić information content (AvgIpc) is 2.71. The number of halogens is 1. The van der Waals surface area contributed by atoms with Crippen LogP contribution in [0.1, 0.15) is 10.4 Å². The van der Waals surface area contributed by atoms with Crippen LogP contribution < -0.4 is 0 Å². The molecule has 0 radical (unpaired) electrons. The molecule has 0 aromatic carbocycles. The van der Waals surface area contributed by atoms with E-state index < -0.39 is 5.97 Å². The van der Waals surface area contributed by atoms with Crippen LogP contribution in [0.25, 0.3) is 5.95 Å². The van der Waals surface area contributed by atoms with E-state index in [1.807, 2.05) is 0 Å². The van der Waals surface area contributed by atoms with Gasteiger partial charge in [-0.1, -0.05) is 11.6 Å². The van der Waals surface area contributed by atoms with Gasteiger partial charge in [0.05, 0.1) is 13.3 Å². The van der Waals surface area contributed by atoms with Crippen molar-refractivity contribution in [3.8, 4) is 5.95 Å². The van der Waals surface area contributed by atoms with Crippen molar-refractivity contribution in [3.63, 3.8) is 0 Å². The molecular weight excluding hydrogens is 232 g/mol. The van der Waals surface area contributed by atoms with Crippen molar-refractivity contribution < 1.29 is 9.53 Å². The summed E-state index contributed by atoms with van der Waals surface area (Å²) < 4.78 is 5.81. The lowest BCUT2D eigenvalue weighted by atomic mass is 10.4. The highest BCUT2D eigenvalue weighted by Gasteiger charge is 2.17. The van der Waals surface area contributed by atoms with Crippen molar-refractivity contribution in [1.82, 2.24) is 19.7 Å². The van der Waals surface area contributed by atoms with E-state index in [0.29, 0.717) is 5.95 Å². The van der Waals surface area contributed by atoms with Gasteiger partial charge in [-0.15, -0.1) is 0 Å². The molecule has 16 heavy (non-hydrogen) atoms. The molecule has 2 rings (SSSR count). The molecule has 0 aliphatic rings. The van der Waals surface area contributed by atoms with Crippen LogP contribution in [0.15, 0.2) is 24.7 Å². The van der Waals surface area contributed by atoms with Crippen molar-refractivity contribution in [2.75, 3.05) is 7.11 Å².